The van der Waals surface area contributed by atoms with Crippen molar-refractivity contribution in [3.8, 4) is 5.75 Å². The number of ether oxygens (including phenoxy) is 2. The Kier molecular flexibility index (Phi) is 7.14. The molecule has 0 N–H and O–H groups in total. The average molecular weight is 402 g/mol. The molecule has 158 valence electrons. The van der Waals surface area contributed by atoms with Crippen LogP contribution in [0.3, 0.4) is 0 Å². The minimum absolute atomic E-state index is 0.110. The second-order valence-corrected chi connectivity index (χ2v) is 7.81. The average Bonchev–Trinajstić information content (AvgIpc) is 2.70. The molecule has 0 saturated carbocycles. The van der Waals surface area contributed by atoms with Gasteiger partial charge in [-0.05, 0) is 38.0 Å². The fourth-order valence-electron chi connectivity index (χ4n) is 4.21. The lowest BCUT2D eigenvalue weighted by atomic mass is 9.91. The number of piperazine rings is 1. The number of hydrogen-bond donors (Lipinski definition) is 0. The van der Waals surface area contributed by atoms with Crippen LogP contribution in [-0.2, 0) is 4.74 Å². The monoisotopic (exact) mass is 401 g/mol. The molecule has 2 aliphatic rings. The second kappa shape index (κ2) is 9.78. The minimum atomic E-state index is -0.256. The first-order chi connectivity index (χ1) is 14.0. The van der Waals surface area contributed by atoms with Crippen molar-refractivity contribution in [2.24, 2.45) is 5.92 Å². The predicted octanol–water partition coefficient (Wildman–Crippen LogP) is 3.35. The van der Waals surface area contributed by atoms with Crippen molar-refractivity contribution in [3.05, 3.63) is 57.4 Å². The molecule has 1 saturated heterocycles. The van der Waals surface area contributed by atoms with Crippen LogP contribution < -0.4 is 9.64 Å². The molecule has 29 heavy (non-hydrogen) atoms. The van der Waals surface area contributed by atoms with Gasteiger partial charge in [-0.2, -0.15) is 0 Å². The molecule has 7 heteroatoms. The van der Waals surface area contributed by atoms with Gasteiger partial charge in [0, 0.05) is 37.6 Å². The molecular formula is C22H31N3O4. The van der Waals surface area contributed by atoms with Crippen molar-refractivity contribution in [1.82, 2.24) is 4.90 Å². The van der Waals surface area contributed by atoms with Crippen LogP contribution >= 0.6 is 0 Å². The molecule has 0 amide bonds. The van der Waals surface area contributed by atoms with Crippen molar-refractivity contribution in [2.45, 2.75) is 20.3 Å². The molecule has 1 unspecified atom stereocenters. The number of anilines is 1. The maximum absolute atomic E-state index is 11.0. The predicted molar refractivity (Wildman–Crippen MR) is 114 cm³/mol. The van der Waals surface area contributed by atoms with Crippen molar-refractivity contribution in [2.75, 3.05) is 57.9 Å². The van der Waals surface area contributed by atoms with E-state index in [4.69, 9.17) is 9.47 Å². The highest BCUT2D eigenvalue weighted by molar-refractivity contribution is 5.58. The van der Waals surface area contributed by atoms with E-state index in [9.17, 15) is 10.1 Å². The second-order valence-electron chi connectivity index (χ2n) is 7.81. The summed E-state index contributed by atoms with van der Waals surface area (Å²) in [7, 11) is 1.71. The van der Waals surface area contributed by atoms with Crippen LogP contribution in [0.4, 0.5) is 5.69 Å². The molecule has 1 fully saturated rings. The maximum Gasteiger partial charge on any atom is 0.217 e. The fourth-order valence-corrected chi connectivity index (χ4v) is 4.21. The number of nitrogens with zero attached hydrogens (tertiary/aromatic N) is 3. The van der Waals surface area contributed by atoms with E-state index in [2.05, 4.69) is 15.9 Å². The Labute approximate surface area is 172 Å². The molecule has 0 spiro atoms. The van der Waals surface area contributed by atoms with E-state index in [1.807, 2.05) is 38.1 Å². The van der Waals surface area contributed by atoms with Gasteiger partial charge in [-0.25, -0.2) is 0 Å². The molecule has 1 aliphatic heterocycles. The lowest BCUT2D eigenvalue weighted by Crippen LogP contribution is -2.47. The number of methoxy groups -OCH3 is 1. The Bertz CT molecular complexity index is 782. The van der Waals surface area contributed by atoms with Gasteiger partial charge in [0.05, 0.1) is 18.7 Å². The van der Waals surface area contributed by atoms with Gasteiger partial charge < -0.3 is 14.4 Å². The van der Waals surface area contributed by atoms with Crippen molar-refractivity contribution in [3.63, 3.8) is 0 Å². The number of rotatable bonds is 8. The highest BCUT2D eigenvalue weighted by atomic mass is 16.6. The molecule has 0 aromatic heterocycles. The SMILES string of the molecule is COc1ccccc1N1CCN(CCOC2=C(C)CC(C)=CC2C[N+](=O)[O-])CC1. The summed E-state index contributed by atoms with van der Waals surface area (Å²) in [6.07, 6.45) is 2.82. The third-order valence-corrected chi connectivity index (χ3v) is 5.60. The van der Waals surface area contributed by atoms with E-state index in [1.54, 1.807) is 7.11 Å². The highest BCUT2D eigenvalue weighted by Crippen LogP contribution is 2.30. The number of para-hydroxylation sites is 2. The first kappa shape index (κ1) is 21.2. The molecule has 1 aromatic carbocycles. The zero-order valence-electron chi connectivity index (χ0n) is 17.6. The Balaban J connectivity index is 1.49. The number of hydrogen-bond acceptors (Lipinski definition) is 6. The summed E-state index contributed by atoms with van der Waals surface area (Å²) in [5.41, 5.74) is 3.42. The van der Waals surface area contributed by atoms with Crippen molar-refractivity contribution >= 4 is 5.69 Å². The Morgan fingerprint density at radius 2 is 1.90 bits per heavy atom. The first-order valence-corrected chi connectivity index (χ1v) is 10.2. The van der Waals surface area contributed by atoms with E-state index in [0.29, 0.717) is 6.61 Å². The summed E-state index contributed by atoms with van der Waals surface area (Å²) >= 11 is 0. The highest BCUT2D eigenvalue weighted by Gasteiger charge is 2.26. The van der Waals surface area contributed by atoms with Crippen LogP contribution in [0.2, 0.25) is 0 Å². The Hall–Kier alpha value is -2.54. The lowest BCUT2D eigenvalue weighted by molar-refractivity contribution is -0.485. The van der Waals surface area contributed by atoms with E-state index in [1.165, 1.54) is 5.57 Å². The van der Waals surface area contributed by atoms with Crippen molar-refractivity contribution < 1.29 is 14.4 Å². The zero-order valence-corrected chi connectivity index (χ0v) is 17.6. The van der Waals surface area contributed by atoms with Crippen LogP contribution in [0.5, 0.6) is 5.75 Å². The normalized spacial score (nSPS) is 20.4. The summed E-state index contributed by atoms with van der Waals surface area (Å²) in [5.74, 6) is 1.45. The van der Waals surface area contributed by atoms with Crippen LogP contribution in [-0.4, -0.2) is 62.8 Å². The molecule has 0 radical (unpaired) electrons. The molecule has 1 atom stereocenters. The van der Waals surface area contributed by atoms with Gasteiger partial charge in [-0.15, -0.1) is 0 Å². The summed E-state index contributed by atoms with van der Waals surface area (Å²) in [4.78, 5) is 15.5. The third kappa shape index (κ3) is 5.50. The third-order valence-electron chi connectivity index (χ3n) is 5.60. The first-order valence-electron chi connectivity index (χ1n) is 10.2. The Morgan fingerprint density at radius 3 is 2.59 bits per heavy atom. The maximum atomic E-state index is 11.0. The molecular weight excluding hydrogens is 370 g/mol. The van der Waals surface area contributed by atoms with Gasteiger partial charge in [-0.3, -0.25) is 15.0 Å². The standard InChI is InChI=1S/C22H31N3O4/c1-17-14-18(2)22(19(15-17)16-25(26)27)29-13-12-23-8-10-24(11-9-23)20-6-4-5-7-21(20)28-3/h4-7,15,19H,8-14,16H2,1-3H3. The molecule has 0 bridgehead atoms. The van der Waals surface area contributed by atoms with Crippen LogP contribution in [0.25, 0.3) is 0 Å². The molecule has 7 nitrogen and oxygen atoms in total. The Morgan fingerprint density at radius 1 is 1.17 bits per heavy atom. The lowest BCUT2D eigenvalue weighted by Gasteiger charge is -2.36. The molecule has 1 aliphatic carbocycles. The molecule has 1 aromatic rings. The molecule has 1 heterocycles. The van der Waals surface area contributed by atoms with Gasteiger partial charge in [0.25, 0.3) is 0 Å². The fraction of sp³-hybridized carbons (Fsp3) is 0.545. The summed E-state index contributed by atoms with van der Waals surface area (Å²) in [5, 5.41) is 11.0. The summed E-state index contributed by atoms with van der Waals surface area (Å²) < 4.78 is 11.5. The smallest absolute Gasteiger partial charge is 0.217 e. The van der Waals surface area contributed by atoms with Crippen LogP contribution in [0, 0.1) is 16.0 Å². The summed E-state index contributed by atoms with van der Waals surface area (Å²) in [6, 6.07) is 8.12. The number of nitro groups is 1. The van der Waals surface area contributed by atoms with Gasteiger partial charge in [0.1, 0.15) is 18.1 Å². The van der Waals surface area contributed by atoms with Gasteiger partial charge in [0.15, 0.2) is 0 Å². The van der Waals surface area contributed by atoms with Gasteiger partial charge in [0.2, 0.25) is 6.54 Å². The zero-order chi connectivity index (χ0) is 20.8. The van der Waals surface area contributed by atoms with E-state index >= 15 is 0 Å². The number of benzene rings is 1. The quantitative estimate of drug-likeness (QED) is 0.378. The van der Waals surface area contributed by atoms with E-state index in [-0.39, 0.29) is 17.4 Å². The summed E-state index contributed by atoms with van der Waals surface area (Å²) in [6.45, 7) is 9.10. The van der Waals surface area contributed by atoms with Crippen LogP contribution in [0.15, 0.2) is 47.2 Å². The van der Waals surface area contributed by atoms with Crippen molar-refractivity contribution in [1.29, 1.82) is 0 Å². The van der Waals surface area contributed by atoms with Crippen LogP contribution in [0.1, 0.15) is 20.3 Å². The molecule has 3 rings (SSSR count). The van der Waals surface area contributed by atoms with E-state index < -0.39 is 0 Å². The van der Waals surface area contributed by atoms with E-state index in [0.717, 1.165) is 61.9 Å². The topological polar surface area (TPSA) is 68.1 Å². The minimum Gasteiger partial charge on any atom is -0.496 e. The number of allylic oxidation sites excluding steroid dienone is 2. The largest absolute Gasteiger partial charge is 0.496 e. The van der Waals surface area contributed by atoms with Gasteiger partial charge in [-0.1, -0.05) is 23.8 Å². The van der Waals surface area contributed by atoms with Gasteiger partial charge >= 0.3 is 0 Å².